The van der Waals surface area contributed by atoms with Crippen molar-refractivity contribution in [2.45, 2.75) is 13.3 Å². The number of rotatable bonds is 4. The molecule has 1 atom stereocenters. The largest absolute Gasteiger partial charge is 0.366 e. The zero-order chi connectivity index (χ0) is 15.5. The third kappa shape index (κ3) is 2.67. The molecule has 1 aromatic heterocycles. The topological polar surface area (TPSA) is 79.3 Å². The van der Waals surface area contributed by atoms with Crippen LogP contribution in [0.3, 0.4) is 0 Å². The SMILES string of the molecule is C=CCNc1ncnc2cc(C3=NNC(=O)CC3C)ccc12. The Morgan fingerprint density at radius 3 is 3.09 bits per heavy atom. The van der Waals surface area contributed by atoms with Crippen molar-refractivity contribution >= 4 is 28.3 Å². The van der Waals surface area contributed by atoms with E-state index in [0.717, 1.165) is 28.0 Å². The summed E-state index contributed by atoms with van der Waals surface area (Å²) in [5, 5.41) is 8.33. The second-order valence-electron chi connectivity index (χ2n) is 5.26. The minimum Gasteiger partial charge on any atom is -0.366 e. The standard InChI is InChI=1S/C16H17N5O/c1-3-6-17-16-12-5-4-11(8-13(12)18-9-19-16)15-10(2)7-14(22)20-21-15/h3-5,8-10H,1,6-7H2,2H3,(H,20,22)(H,17,18,19). The second-order valence-corrected chi connectivity index (χ2v) is 5.26. The predicted molar refractivity (Wildman–Crippen MR) is 86.7 cm³/mol. The molecule has 1 unspecified atom stereocenters. The second kappa shape index (κ2) is 5.93. The lowest BCUT2D eigenvalue weighted by molar-refractivity contribution is -0.121. The Kier molecular flexibility index (Phi) is 3.82. The molecule has 1 amide bonds. The van der Waals surface area contributed by atoms with E-state index in [1.54, 1.807) is 6.08 Å². The van der Waals surface area contributed by atoms with E-state index >= 15 is 0 Å². The molecule has 3 rings (SSSR count). The molecule has 6 heteroatoms. The Balaban J connectivity index is 2.00. The van der Waals surface area contributed by atoms with E-state index in [-0.39, 0.29) is 11.8 Å². The van der Waals surface area contributed by atoms with E-state index in [9.17, 15) is 4.79 Å². The van der Waals surface area contributed by atoms with Gasteiger partial charge in [-0.05, 0) is 12.1 Å². The van der Waals surface area contributed by atoms with Crippen molar-refractivity contribution in [1.82, 2.24) is 15.4 Å². The van der Waals surface area contributed by atoms with Crippen LogP contribution in [-0.4, -0.2) is 28.1 Å². The fourth-order valence-electron chi connectivity index (χ4n) is 2.53. The quantitative estimate of drug-likeness (QED) is 0.846. The normalized spacial score (nSPS) is 17.8. The summed E-state index contributed by atoms with van der Waals surface area (Å²) in [6.45, 7) is 6.33. The summed E-state index contributed by atoms with van der Waals surface area (Å²) in [4.78, 5) is 19.9. The molecule has 0 saturated heterocycles. The molecule has 2 heterocycles. The number of amides is 1. The van der Waals surface area contributed by atoms with Crippen LogP contribution < -0.4 is 10.7 Å². The first kappa shape index (κ1) is 14.2. The van der Waals surface area contributed by atoms with Gasteiger partial charge in [0.1, 0.15) is 12.1 Å². The van der Waals surface area contributed by atoms with E-state index in [1.807, 2.05) is 25.1 Å². The Morgan fingerprint density at radius 2 is 2.32 bits per heavy atom. The van der Waals surface area contributed by atoms with Crippen molar-refractivity contribution in [3.05, 3.63) is 42.7 Å². The van der Waals surface area contributed by atoms with Crippen LogP contribution in [0.1, 0.15) is 18.9 Å². The minimum absolute atomic E-state index is 0.0460. The lowest BCUT2D eigenvalue weighted by atomic mass is 9.93. The summed E-state index contributed by atoms with van der Waals surface area (Å²) in [6.07, 6.45) is 3.77. The van der Waals surface area contributed by atoms with E-state index in [2.05, 4.69) is 32.4 Å². The molecule has 0 fully saturated rings. The molecular weight excluding hydrogens is 278 g/mol. The van der Waals surface area contributed by atoms with E-state index in [4.69, 9.17) is 0 Å². The Bertz CT molecular complexity index is 768. The van der Waals surface area contributed by atoms with Gasteiger partial charge in [0, 0.05) is 29.8 Å². The zero-order valence-corrected chi connectivity index (χ0v) is 12.3. The fourth-order valence-corrected chi connectivity index (χ4v) is 2.53. The third-order valence-corrected chi connectivity index (χ3v) is 3.61. The van der Waals surface area contributed by atoms with Crippen LogP contribution in [-0.2, 0) is 4.79 Å². The molecule has 0 aliphatic carbocycles. The monoisotopic (exact) mass is 295 g/mol. The van der Waals surface area contributed by atoms with Gasteiger partial charge in [-0.2, -0.15) is 5.10 Å². The van der Waals surface area contributed by atoms with Gasteiger partial charge in [0.05, 0.1) is 11.2 Å². The first-order valence-corrected chi connectivity index (χ1v) is 7.15. The van der Waals surface area contributed by atoms with Gasteiger partial charge in [0.15, 0.2) is 0 Å². The first-order valence-electron chi connectivity index (χ1n) is 7.15. The number of aromatic nitrogens is 2. The van der Waals surface area contributed by atoms with Gasteiger partial charge in [-0.15, -0.1) is 6.58 Å². The summed E-state index contributed by atoms with van der Waals surface area (Å²) in [5.41, 5.74) is 5.22. The molecule has 1 aliphatic rings. The molecule has 0 radical (unpaired) electrons. The number of carbonyl (C=O) groups is 1. The maximum absolute atomic E-state index is 11.4. The molecule has 0 saturated carbocycles. The molecule has 0 spiro atoms. The fraction of sp³-hybridized carbons (Fsp3) is 0.250. The summed E-state index contributed by atoms with van der Waals surface area (Å²) in [7, 11) is 0. The van der Waals surface area contributed by atoms with Crippen molar-refractivity contribution in [2.24, 2.45) is 11.0 Å². The lowest BCUT2D eigenvalue weighted by Gasteiger charge is -2.19. The molecule has 0 bridgehead atoms. The third-order valence-electron chi connectivity index (χ3n) is 3.61. The van der Waals surface area contributed by atoms with Crippen LogP contribution in [0.4, 0.5) is 5.82 Å². The number of hydrogen-bond donors (Lipinski definition) is 2. The highest BCUT2D eigenvalue weighted by Crippen LogP contribution is 2.23. The van der Waals surface area contributed by atoms with E-state index in [1.165, 1.54) is 6.33 Å². The van der Waals surface area contributed by atoms with Crippen LogP contribution in [0.2, 0.25) is 0 Å². The van der Waals surface area contributed by atoms with Gasteiger partial charge in [0.25, 0.3) is 0 Å². The van der Waals surface area contributed by atoms with Gasteiger partial charge in [0.2, 0.25) is 5.91 Å². The number of nitrogens with one attached hydrogen (secondary N) is 2. The van der Waals surface area contributed by atoms with Crippen LogP contribution in [0.15, 0.2) is 42.3 Å². The lowest BCUT2D eigenvalue weighted by Crippen LogP contribution is -2.31. The van der Waals surface area contributed by atoms with Crippen molar-refractivity contribution in [3.63, 3.8) is 0 Å². The van der Waals surface area contributed by atoms with E-state index in [0.29, 0.717) is 13.0 Å². The van der Waals surface area contributed by atoms with Crippen LogP contribution >= 0.6 is 0 Å². The van der Waals surface area contributed by atoms with Crippen molar-refractivity contribution in [1.29, 1.82) is 0 Å². The molecular formula is C16H17N5O. The van der Waals surface area contributed by atoms with Gasteiger partial charge in [-0.1, -0.05) is 19.1 Å². The molecule has 2 N–H and O–H groups in total. The van der Waals surface area contributed by atoms with Gasteiger partial charge >= 0.3 is 0 Å². The highest BCUT2D eigenvalue weighted by Gasteiger charge is 2.21. The van der Waals surface area contributed by atoms with Crippen LogP contribution in [0, 0.1) is 5.92 Å². The maximum atomic E-state index is 11.4. The number of fused-ring (bicyclic) bond motifs is 1. The summed E-state index contributed by atoms with van der Waals surface area (Å²) in [6, 6.07) is 5.93. The average molecular weight is 295 g/mol. The number of hydrogen-bond acceptors (Lipinski definition) is 5. The molecule has 1 aromatic carbocycles. The average Bonchev–Trinajstić information content (AvgIpc) is 2.52. The van der Waals surface area contributed by atoms with Gasteiger partial charge < -0.3 is 5.32 Å². The van der Waals surface area contributed by atoms with Gasteiger partial charge in [-0.3, -0.25) is 4.79 Å². The molecule has 2 aromatic rings. The Hall–Kier alpha value is -2.76. The zero-order valence-electron chi connectivity index (χ0n) is 12.3. The number of nitrogens with zero attached hydrogens (tertiary/aromatic N) is 3. The van der Waals surface area contributed by atoms with Crippen LogP contribution in [0.5, 0.6) is 0 Å². The summed E-state index contributed by atoms with van der Waals surface area (Å²) < 4.78 is 0. The number of benzene rings is 1. The van der Waals surface area contributed by atoms with Crippen molar-refractivity contribution in [2.75, 3.05) is 11.9 Å². The number of carbonyl (C=O) groups excluding carboxylic acids is 1. The van der Waals surface area contributed by atoms with E-state index < -0.39 is 0 Å². The highest BCUT2D eigenvalue weighted by atomic mass is 16.2. The molecule has 112 valence electrons. The maximum Gasteiger partial charge on any atom is 0.240 e. The Labute approximate surface area is 128 Å². The summed E-state index contributed by atoms with van der Waals surface area (Å²) >= 11 is 0. The molecule has 22 heavy (non-hydrogen) atoms. The van der Waals surface area contributed by atoms with Crippen LogP contribution in [0.25, 0.3) is 10.9 Å². The molecule has 1 aliphatic heterocycles. The predicted octanol–water partition coefficient (Wildman–Crippen LogP) is 2.09. The highest BCUT2D eigenvalue weighted by molar-refractivity contribution is 6.07. The first-order chi connectivity index (χ1) is 10.7. The minimum atomic E-state index is -0.0460. The number of anilines is 1. The van der Waals surface area contributed by atoms with Gasteiger partial charge in [-0.25, -0.2) is 15.4 Å². The molecule has 6 nitrogen and oxygen atoms in total. The smallest absolute Gasteiger partial charge is 0.240 e. The van der Waals surface area contributed by atoms with Crippen molar-refractivity contribution < 1.29 is 4.79 Å². The summed E-state index contributed by atoms with van der Waals surface area (Å²) in [5.74, 6) is 0.824. The van der Waals surface area contributed by atoms with Crippen molar-refractivity contribution in [3.8, 4) is 0 Å². The Morgan fingerprint density at radius 1 is 1.45 bits per heavy atom. The number of hydrazone groups is 1.